The van der Waals surface area contributed by atoms with Crippen molar-refractivity contribution in [3.63, 3.8) is 0 Å². The van der Waals surface area contributed by atoms with E-state index in [0.29, 0.717) is 17.9 Å². The van der Waals surface area contributed by atoms with E-state index in [1.807, 2.05) is 13.0 Å². The molecule has 1 aromatic heterocycles. The number of fused-ring (bicyclic) bond motifs is 3. The highest BCUT2D eigenvalue weighted by atomic mass is 16.5. The molecule has 19 heavy (non-hydrogen) atoms. The molecule has 0 fully saturated rings. The van der Waals surface area contributed by atoms with Crippen molar-refractivity contribution in [3.05, 3.63) is 23.9 Å². The molecular weight excluding hydrogens is 246 g/mol. The molecule has 6 nitrogen and oxygen atoms in total. The Morgan fingerprint density at radius 3 is 3.05 bits per heavy atom. The van der Waals surface area contributed by atoms with E-state index in [1.54, 1.807) is 16.9 Å². The summed E-state index contributed by atoms with van der Waals surface area (Å²) in [5.74, 6) is 0.594. The molecule has 102 valence electrons. The summed E-state index contributed by atoms with van der Waals surface area (Å²) >= 11 is 0. The van der Waals surface area contributed by atoms with Gasteiger partial charge in [0.15, 0.2) is 0 Å². The molecular formula is C13H17N3O3. The monoisotopic (exact) mass is 263 g/mol. The summed E-state index contributed by atoms with van der Waals surface area (Å²) in [6, 6.07) is 3.64. The molecule has 3 atom stereocenters. The van der Waals surface area contributed by atoms with Gasteiger partial charge in [0.25, 0.3) is 0 Å². The molecule has 4 N–H and O–H groups in total. The molecule has 0 saturated carbocycles. The van der Waals surface area contributed by atoms with Gasteiger partial charge in [0, 0.05) is 11.4 Å². The van der Waals surface area contributed by atoms with Crippen molar-refractivity contribution in [3.8, 4) is 5.75 Å². The van der Waals surface area contributed by atoms with E-state index in [0.717, 1.165) is 10.9 Å². The van der Waals surface area contributed by atoms with Crippen LogP contribution in [0.2, 0.25) is 0 Å². The highest BCUT2D eigenvalue weighted by Crippen LogP contribution is 2.37. The van der Waals surface area contributed by atoms with Crippen molar-refractivity contribution in [2.45, 2.75) is 31.7 Å². The molecule has 0 aliphatic carbocycles. The summed E-state index contributed by atoms with van der Waals surface area (Å²) in [6.45, 7) is 2.54. The van der Waals surface area contributed by atoms with Gasteiger partial charge in [-0.25, -0.2) is 0 Å². The third kappa shape index (κ3) is 1.98. The quantitative estimate of drug-likeness (QED) is 0.718. The second-order valence-corrected chi connectivity index (χ2v) is 5.04. The first-order valence-corrected chi connectivity index (χ1v) is 6.31. The maximum atomic E-state index is 10.2. The Balaban J connectivity index is 2.21. The van der Waals surface area contributed by atoms with Gasteiger partial charge in [-0.1, -0.05) is 0 Å². The fourth-order valence-electron chi connectivity index (χ4n) is 2.47. The van der Waals surface area contributed by atoms with Crippen LogP contribution in [-0.4, -0.2) is 38.7 Å². The van der Waals surface area contributed by atoms with E-state index >= 15 is 0 Å². The van der Waals surface area contributed by atoms with Crippen LogP contribution in [0.4, 0.5) is 0 Å². The molecule has 2 heterocycles. The molecule has 1 aliphatic heterocycles. The minimum Gasteiger partial charge on any atom is -0.490 e. The van der Waals surface area contributed by atoms with E-state index in [2.05, 4.69) is 5.10 Å². The number of hydrogen-bond donors (Lipinski definition) is 3. The van der Waals surface area contributed by atoms with Crippen LogP contribution in [-0.2, 0) is 6.54 Å². The first-order chi connectivity index (χ1) is 9.08. The van der Waals surface area contributed by atoms with Crippen LogP contribution in [0.1, 0.15) is 18.6 Å². The zero-order valence-corrected chi connectivity index (χ0v) is 10.7. The molecule has 2 aromatic rings. The molecule has 0 saturated heterocycles. The molecule has 0 spiro atoms. The van der Waals surface area contributed by atoms with Crippen molar-refractivity contribution >= 4 is 10.9 Å². The number of hydrogen-bond acceptors (Lipinski definition) is 5. The Labute approximate surface area is 110 Å². The number of rotatable bonds is 2. The highest BCUT2D eigenvalue weighted by Gasteiger charge is 2.31. The van der Waals surface area contributed by atoms with Crippen molar-refractivity contribution in [1.82, 2.24) is 9.78 Å². The average molecular weight is 263 g/mol. The van der Waals surface area contributed by atoms with Gasteiger partial charge in [-0.15, -0.1) is 0 Å². The molecule has 3 rings (SSSR count). The lowest BCUT2D eigenvalue weighted by molar-refractivity contribution is -0.0248. The van der Waals surface area contributed by atoms with Gasteiger partial charge in [-0.3, -0.25) is 4.68 Å². The Kier molecular flexibility index (Phi) is 2.93. The predicted molar refractivity (Wildman–Crippen MR) is 69.8 cm³/mol. The normalized spacial score (nSPS) is 24.0. The minimum atomic E-state index is -0.962. The van der Waals surface area contributed by atoms with Crippen LogP contribution in [0.5, 0.6) is 5.75 Å². The second kappa shape index (κ2) is 4.48. The lowest BCUT2D eigenvalue weighted by atomic mass is 9.98. The number of aliphatic hydroxyl groups excluding tert-OH is 2. The maximum Gasteiger partial charge on any atom is 0.127 e. The molecule has 6 heteroatoms. The van der Waals surface area contributed by atoms with E-state index in [1.165, 1.54) is 0 Å². The van der Waals surface area contributed by atoms with Crippen LogP contribution in [0.15, 0.2) is 18.3 Å². The Hall–Kier alpha value is -1.63. The molecule has 2 unspecified atom stereocenters. The summed E-state index contributed by atoms with van der Waals surface area (Å²) in [7, 11) is 0. The number of aliphatic hydroxyl groups is 2. The summed E-state index contributed by atoms with van der Waals surface area (Å²) < 4.78 is 7.21. The van der Waals surface area contributed by atoms with Crippen LogP contribution in [0.3, 0.4) is 0 Å². The van der Waals surface area contributed by atoms with Gasteiger partial charge in [0.1, 0.15) is 24.6 Å². The van der Waals surface area contributed by atoms with E-state index in [4.69, 9.17) is 10.5 Å². The van der Waals surface area contributed by atoms with Crippen molar-refractivity contribution in [2.24, 2.45) is 5.73 Å². The first-order valence-electron chi connectivity index (χ1n) is 6.31. The van der Waals surface area contributed by atoms with Crippen LogP contribution < -0.4 is 10.5 Å². The van der Waals surface area contributed by atoms with Gasteiger partial charge in [0.05, 0.1) is 23.8 Å². The molecule has 1 aromatic carbocycles. The standard InChI is InChI=1S/C13H17N3O3/c1-7(14)5-16-12-8(4-15-16)2-3-10-11(12)13(18)9(17)6-19-10/h2-4,7,9,13,17-18H,5-6,14H2,1H3/t7-,9?,13?/m0/s1. The Bertz CT molecular complexity index is 608. The van der Waals surface area contributed by atoms with Crippen molar-refractivity contribution < 1.29 is 14.9 Å². The summed E-state index contributed by atoms with van der Waals surface area (Å²) in [6.07, 6.45) is -0.154. The van der Waals surface area contributed by atoms with Gasteiger partial charge in [0.2, 0.25) is 0 Å². The minimum absolute atomic E-state index is 0.0504. The lowest BCUT2D eigenvalue weighted by Gasteiger charge is -2.27. The highest BCUT2D eigenvalue weighted by molar-refractivity contribution is 5.85. The van der Waals surface area contributed by atoms with Crippen LogP contribution in [0, 0.1) is 0 Å². The lowest BCUT2D eigenvalue weighted by Crippen LogP contribution is -2.31. The van der Waals surface area contributed by atoms with Gasteiger partial charge in [-0.05, 0) is 19.1 Å². The summed E-state index contributed by atoms with van der Waals surface area (Å²) in [4.78, 5) is 0. The van der Waals surface area contributed by atoms with E-state index < -0.39 is 12.2 Å². The van der Waals surface area contributed by atoms with E-state index in [9.17, 15) is 10.2 Å². The van der Waals surface area contributed by atoms with Crippen LogP contribution >= 0.6 is 0 Å². The number of nitrogens with zero attached hydrogens (tertiary/aromatic N) is 2. The zero-order valence-electron chi connectivity index (χ0n) is 10.7. The van der Waals surface area contributed by atoms with Crippen molar-refractivity contribution in [1.29, 1.82) is 0 Å². The Morgan fingerprint density at radius 2 is 2.32 bits per heavy atom. The first kappa shape index (κ1) is 12.4. The van der Waals surface area contributed by atoms with Gasteiger partial charge in [-0.2, -0.15) is 5.10 Å². The average Bonchev–Trinajstić information content (AvgIpc) is 2.76. The zero-order chi connectivity index (χ0) is 13.6. The predicted octanol–water partition coefficient (Wildman–Crippen LogP) is 0.170. The van der Waals surface area contributed by atoms with Gasteiger partial charge >= 0.3 is 0 Å². The van der Waals surface area contributed by atoms with Gasteiger partial charge < -0.3 is 20.7 Å². The second-order valence-electron chi connectivity index (χ2n) is 5.04. The fraction of sp³-hybridized carbons (Fsp3) is 0.462. The van der Waals surface area contributed by atoms with Crippen LogP contribution in [0.25, 0.3) is 10.9 Å². The summed E-state index contributed by atoms with van der Waals surface area (Å²) in [5, 5.41) is 25.2. The number of ether oxygens (including phenoxy) is 1. The third-order valence-corrected chi connectivity index (χ3v) is 3.33. The maximum absolute atomic E-state index is 10.2. The van der Waals surface area contributed by atoms with Crippen molar-refractivity contribution in [2.75, 3.05) is 6.61 Å². The molecule has 0 amide bonds. The topological polar surface area (TPSA) is 93.5 Å². The smallest absolute Gasteiger partial charge is 0.127 e. The number of nitrogens with two attached hydrogens (primary N) is 1. The molecule has 0 bridgehead atoms. The Morgan fingerprint density at radius 1 is 1.53 bits per heavy atom. The molecule has 1 aliphatic rings. The third-order valence-electron chi connectivity index (χ3n) is 3.33. The number of benzene rings is 1. The largest absolute Gasteiger partial charge is 0.490 e. The molecule has 0 radical (unpaired) electrons. The fourth-order valence-corrected chi connectivity index (χ4v) is 2.47. The SMILES string of the molecule is C[C@H](N)Cn1ncc2ccc3c(c21)C(O)C(O)CO3. The van der Waals surface area contributed by atoms with E-state index in [-0.39, 0.29) is 12.6 Å². The summed E-state index contributed by atoms with van der Waals surface area (Å²) in [5.41, 5.74) is 7.18. The number of aromatic nitrogens is 2.